The summed E-state index contributed by atoms with van der Waals surface area (Å²) in [7, 11) is -1.63. The normalized spacial score (nSPS) is 18.1. The molecule has 1 atom stereocenters. The zero-order valence-corrected chi connectivity index (χ0v) is 20.3. The summed E-state index contributed by atoms with van der Waals surface area (Å²) >= 11 is 0. The molecule has 2 aliphatic heterocycles. The van der Waals surface area contributed by atoms with Crippen LogP contribution in [0.2, 0.25) is 0 Å². The van der Waals surface area contributed by atoms with Crippen LogP contribution in [0, 0.1) is 5.82 Å². The minimum atomic E-state index is -1.63. The zero-order valence-electron chi connectivity index (χ0n) is 19.4. The van der Waals surface area contributed by atoms with Crippen molar-refractivity contribution >= 4 is 28.3 Å². The van der Waals surface area contributed by atoms with E-state index in [2.05, 4.69) is 11.8 Å². The van der Waals surface area contributed by atoms with Gasteiger partial charge in [-0.2, -0.15) is 0 Å². The van der Waals surface area contributed by atoms with Crippen molar-refractivity contribution in [3.63, 3.8) is 0 Å². The summed E-state index contributed by atoms with van der Waals surface area (Å²) in [6, 6.07) is 18.0. The van der Waals surface area contributed by atoms with Crippen LogP contribution in [0.3, 0.4) is 0 Å². The maximum Gasteiger partial charge on any atom is 0.259 e. The maximum atomic E-state index is 14.6. The summed E-state index contributed by atoms with van der Waals surface area (Å²) in [5, 5.41) is 0. The number of carbonyl (C=O) groups is 2. The molecule has 0 saturated carbocycles. The van der Waals surface area contributed by atoms with Gasteiger partial charge in [-0.1, -0.05) is 37.3 Å². The highest BCUT2D eigenvalue weighted by Crippen LogP contribution is 2.36. The van der Waals surface area contributed by atoms with E-state index in [4.69, 9.17) is 0 Å². The van der Waals surface area contributed by atoms with Gasteiger partial charge in [-0.15, -0.1) is 0 Å². The van der Waals surface area contributed by atoms with Crippen molar-refractivity contribution in [1.29, 1.82) is 0 Å². The highest BCUT2D eigenvalue weighted by molar-refractivity contribution is 7.85. The molecule has 0 unspecified atom stereocenters. The van der Waals surface area contributed by atoms with Crippen molar-refractivity contribution in [3.05, 3.63) is 89.2 Å². The lowest BCUT2D eigenvalue weighted by Gasteiger charge is -2.34. The Bertz CT molecular complexity index is 1320. The van der Waals surface area contributed by atoms with Gasteiger partial charge in [-0.25, -0.2) is 8.60 Å². The molecule has 1 fully saturated rings. The van der Waals surface area contributed by atoms with Crippen LogP contribution in [0.4, 0.5) is 10.1 Å². The largest absolute Gasteiger partial charge is 0.336 e. The molecule has 8 heteroatoms. The number of hydrogen-bond donors (Lipinski definition) is 0. The Kier molecular flexibility index (Phi) is 6.49. The third-order valence-corrected chi connectivity index (χ3v) is 8.15. The van der Waals surface area contributed by atoms with Crippen LogP contribution in [0.15, 0.2) is 76.5 Å². The number of carbonyl (C=O) groups excluding carboxylic acids is 2. The van der Waals surface area contributed by atoms with E-state index < -0.39 is 16.6 Å². The Morgan fingerprint density at radius 3 is 2.40 bits per heavy atom. The fraction of sp³-hybridized carbons (Fsp3) is 0.259. The molecule has 3 aromatic rings. The second-order valence-corrected chi connectivity index (χ2v) is 10.1. The molecule has 1 saturated heterocycles. The summed E-state index contributed by atoms with van der Waals surface area (Å²) in [5.74, 6) is -0.937. The summed E-state index contributed by atoms with van der Waals surface area (Å²) < 4.78 is 28.1. The van der Waals surface area contributed by atoms with Crippen molar-refractivity contribution < 1.29 is 18.2 Å². The second-order valence-electron chi connectivity index (χ2n) is 8.66. The maximum absolute atomic E-state index is 14.6. The molecule has 0 spiro atoms. The molecule has 0 aliphatic carbocycles. The lowest BCUT2D eigenvalue weighted by Crippen LogP contribution is -2.48. The smallest absolute Gasteiger partial charge is 0.259 e. The minimum absolute atomic E-state index is 0.0448. The van der Waals surface area contributed by atoms with E-state index >= 15 is 0 Å². The number of benzene rings is 3. The fourth-order valence-corrected chi connectivity index (χ4v) is 5.94. The lowest BCUT2D eigenvalue weighted by molar-refractivity contribution is 0.0643. The third kappa shape index (κ3) is 4.39. The number of piperazine rings is 1. The van der Waals surface area contributed by atoms with E-state index in [1.807, 2.05) is 0 Å². The number of anilines is 1. The van der Waals surface area contributed by atoms with Crippen LogP contribution in [0.1, 0.15) is 33.2 Å². The van der Waals surface area contributed by atoms with Crippen molar-refractivity contribution in [2.24, 2.45) is 0 Å². The molecule has 2 aliphatic rings. The Morgan fingerprint density at radius 1 is 0.943 bits per heavy atom. The number of nitrogens with zero attached hydrogens (tertiary/aromatic N) is 3. The Labute approximate surface area is 206 Å². The van der Waals surface area contributed by atoms with Crippen molar-refractivity contribution in [1.82, 2.24) is 9.80 Å². The van der Waals surface area contributed by atoms with Gasteiger partial charge in [0.25, 0.3) is 11.8 Å². The van der Waals surface area contributed by atoms with Crippen LogP contribution in [-0.2, 0) is 17.3 Å². The molecular weight excluding hydrogens is 465 g/mol. The highest BCUT2D eigenvalue weighted by atomic mass is 32.2. The van der Waals surface area contributed by atoms with Crippen molar-refractivity contribution in [2.75, 3.05) is 37.6 Å². The van der Waals surface area contributed by atoms with Crippen molar-refractivity contribution in [2.45, 2.75) is 23.3 Å². The van der Waals surface area contributed by atoms with E-state index in [1.54, 1.807) is 65.6 Å². The van der Waals surface area contributed by atoms with Crippen LogP contribution in [0.25, 0.3) is 0 Å². The number of amides is 2. The number of likely N-dealkylation sites (N-methyl/N-ethyl adjacent to an activating group) is 1. The molecule has 0 aromatic heterocycles. The average Bonchev–Trinajstić information content (AvgIpc) is 2.98. The number of rotatable bonds is 4. The van der Waals surface area contributed by atoms with Crippen LogP contribution >= 0.6 is 0 Å². The van der Waals surface area contributed by atoms with E-state index in [9.17, 15) is 18.2 Å². The second kappa shape index (κ2) is 9.71. The molecule has 180 valence electrons. The summed E-state index contributed by atoms with van der Waals surface area (Å²) in [5.41, 5.74) is 1.43. The molecule has 6 nitrogen and oxygen atoms in total. The van der Waals surface area contributed by atoms with Gasteiger partial charge in [0.2, 0.25) is 0 Å². The fourth-order valence-electron chi connectivity index (χ4n) is 4.60. The molecule has 0 bridgehead atoms. The Balaban J connectivity index is 1.58. The monoisotopic (exact) mass is 491 g/mol. The topological polar surface area (TPSA) is 60.9 Å². The molecular formula is C27H26FN3O3S. The molecule has 0 radical (unpaired) electrons. The number of halogens is 1. The van der Waals surface area contributed by atoms with Crippen LogP contribution < -0.4 is 4.90 Å². The van der Waals surface area contributed by atoms with Gasteiger partial charge >= 0.3 is 0 Å². The molecule has 0 N–H and O–H groups in total. The predicted molar refractivity (Wildman–Crippen MR) is 132 cm³/mol. The minimum Gasteiger partial charge on any atom is -0.336 e. The van der Waals surface area contributed by atoms with Crippen LogP contribution in [0.5, 0.6) is 0 Å². The van der Waals surface area contributed by atoms with Gasteiger partial charge < -0.3 is 14.7 Å². The van der Waals surface area contributed by atoms with Gasteiger partial charge in [-0.05, 0) is 42.9 Å². The number of fused-ring (bicyclic) bond motifs is 2. The molecule has 2 heterocycles. The van der Waals surface area contributed by atoms with E-state index in [-0.39, 0.29) is 18.4 Å². The predicted octanol–water partition coefficient (Wildman–Crippen LogP) is 3.93. The first-order valence-electron chi connectivity index (χ1n) is 11.7. The third-order valence-electron chi connectivity index (χ3n) is 6.65. The zero-order chi connectivity index (χ0) is 24.5. The van der Waals surface area contributed by atoms with E-state index in [0.29, 0.717) is 45.3 Å². The van der Waals surface area contributed by atoms with Gasteiger partial charge in [-0.3, -0.25) is 9.59 Å². The number of hydrogen-bond acceptors (Lipinski definition) is 4. The SMILES string of the molecule is CCN1CCN(C(=O)c2ccc3c(c2)N(Cc2ccccc2F)C(=O)c2ccccc2[S@@]3=O)CC1. The standard InChI is InChI=1S/C27H26FN3O3S/c1-2-29-13-15-30(16-14-29)26(32)19-11-12-25-23(17-19)31(18-20-7-3-5-9-22(20)28)27(33)21-8-4-6-10-24(21)35(25)34/h3-12,17H,2,13-16,18H2,1H3/t35-/m0/s1. The molecule has 3 aromatic carbocycles. The van der Waals surface area contributed by atoms with Gasteiger partial charge in [0.15, 0.2) is 0 Å². The summed E-state index contributed by atoms with van der Waals surface area (Å²) in [6.45, 7) is 5.87. The quantitative estimate of drug-likeness (QED) is 0.555. The van der Waals surface area contributed by atoms with E-state index in [0.717, 1.165) is 19.6 Å². The lowest BCUT2D eigenvalue weighted by atomic mass is 10.1. The highest BCUT2D eigenvalue weighted by Gasteiger charge is 2.32. The summed E-state index contributed by atoms with van der Waals surface area (Å²) in [6.07, 6.45) is 0. The molecule has 2 amide bonds. The van der Waals surface area contributed by atoms with Crippen molar-refractivity contribution in [3.8, 4) is 0 Å². The van der Waals surface area contributed by atoms with E-state index in [1.165, 1.54) is 11.0 Å². The first kappa shape index (κ1) is 23.4. The van der Waals surface area contributed by atoms with Gasteiger partial charge in [0.1, 0.15) is 5.82 Å². The summed E-state index contributed by atoms with van der Waals surface area (Å²) in [4.78, 5) is 33.4. The van der Waals surface area contributed by atoms with Crippen LogP contribution in [-0.4, -0.2) is 58.5 Å². The molecule has 35 heavy (non-hydrogen) atoms. The molecule has 5 rings (SSSR count). The Morgan fingerprint density at radius 2 is 1.66 bits per heavy atom. The van der Waals surface area contributed by atoms with Gasteiger partial charge in [0.05, 0.1) is 38.4 Å². The Hall–Kier alpha value is -3.36. The first-order chi connectivity index (χ1) is 17.0. The van der Waals surface area contributed by atoms with Gasteiger partial charge in [0, 0.05) is 37.3 Å². The average molecular weight is 492 g/mol. The first-order valence-corrected chi connectivity index (χ1v) is 12.8.